The van der Waals surface area contributed by atoms with Gasteiger partial charge < -0.3 is 15.0 Å². The van der Waals surface area contributed by atoms with Crippen LogP contribution in [0.2, 0.25) is 0 Å². The number of hydrogen-bond acceptors (Lipinski definition) is 4. The van der Waals surface area contributed by atoms with Gasteiger partial charge in [0, 0.05) is 17.5 Å². The minimum absolute atomic E-state index is 0.294. The maximum Gasteiger partial charge on any atom is 0.119 e. The van der Waals surface area contributed by atoms with Crippen LogP contribution < -0.4 is 10.1 Å². The molecule has 114 valence electrons. The average Bonchev–Trinajstić information content (AvgIpc) is 3.01. The molecule has 0 aliphatic heterocycles. The third kappa shape index (κ3) is 4.30. The van der Waals surface area contributed by atoms with Gasteiger partial charge >= 0.3 is 0 Å². The van der Waals surface area contributed by atoms with Gasteiger partial charge in [0.1, 0.15) is 5.75 Å². The van der Waals surface area contributed by atoms with E-state index in [4.69, 9.17) is 4.74 Å². The minimum atomic E-state index is 0.294. The first-order chi connectivity index (χ1) is 10.1. The van der Waals surface area contributed by atoms with Crippen molar-refractivity contribution in [3.63, 3.8) is 0 Å². The minimum Gasteiger partial charge on any atom is -0.497 e. The monoisotopic (exact) mass is 304 g/mol. The highest BCUT2D eigenvalue weighted by Crippen LogP contribution is 2.24. The van der Waals surface area contributed by atoms with E-state index in [-0.39, 0.29) is 0 Å². The van der Waals surface area contributed by atoms with Crippen molar-refractivity contribution in [1.82, 2.24) is 10.2 Å². The molecule has 21 heavy (non-hydrogen) atoms. The molecule has 4 heteroatoms. The van der Waals surface area contributed by atoms with E-state index < -0.39 is 0 Å². The fraction of sp³-hybridized carbons (Fsp3) is 0.412. The van der Waals surface area contributed by atoms with Crippen molar-refractivity contribution in [3.8, 4) is 5.75 Å². The summed E-state index contributed by atoms with van der Waals surface area (Å²) in [5.74, 6) is 0.906. The molecule has 0 fully saturated rings. The van der Waals surface area contributed by atoms with Crippen LogP contribution in [0.15, 0.2) is 41.8 Å². The van der Waals surface area contributed by atoms with Gasteiger partial charge in [-0.05, 0) is 50.2 Å². The van der Waals surface area contributed by atoms with Crippen LogP contribution in [0.1, 0.15) is 29.4 Å². The van der Waals surface area contributed by atoms with Gasteiger partial charge in [-0.1, -0.05) is 18.2 Å². The van der Waals surface area contributed by atoms with E-state index >= 15 is 0 Å². The highest BCUT2D eigenvalue weighted by Gasteiger charge is 2.16. The van der Waals surface area contributed by atoms with Crippen molar-refractivity contribution in [2.75, 3.05) is 27.7 Å². The van der Waals surface area contributed by atoms with Crippen LogP contribution in [-0.4, -0.2) is 32.6 Å². The van der Waals surface area contributed by atoms with Gasteiger partial charge in [-0.2, -0.15) is 0 Å². The quantitative estimate of drug-likeness (QED) is 0.844. The Morgan fingerprint density at radius 2 is 2.05 bits per heavy atom. The number of benzene rings is 1. The summed E-state index contributed by atoms with van der Waals surface area (Å²) >= 11 is 1.81. The van der Waals surface area contributed by atoms with E-state index in [1.54, 1.807) is 7.11 Å². The topological polar surface area (TPSA) is 24.5 Å². The lowest BCUT2D eigenvalue weighted by molar-refractivity contribution is 0.285. The molecule has 1 aromatic carbocycles. The molecule has 0 radical (unpaired) electrons. The molecular formula is C17H24N2OS. The van der Waals surface area contributed by atoms with Gasteiger partial charge in [0.05, 0.1) is 13.2 Å². The molecule has 0 spiro atoms. The third-order valence-electron chi connectivity index (χ3n) is 3.71. The lowest BCUT2D eigenvalue weighted by Gasteiger charge is -2.26. The zero-order valence-electron chi connectivity index (χ0n) is 13.2. The predicted molar refractivity (Wildman–Crippen MR) is 90.2 cm³/mol. The van der Waals surface area contributed by atoms with Gasteiger partial charge in [-0.3, -0.25) is 0 Å². The molecule has 0 saturated carbocycles. The summed E-state index contributed by atoms with van der Waals surface area (Å²) in [6.45, 7) is 3.11. The number of hydrogen-bond donors (Lipinski definition) is 1. The molecule has 0 bridgehead atoms. The van der Waals surface area contributed by atoms with E-state index in [1.807, 2.05) is 23.5 Å². The smallest absolute Gasteiger partial charge is 0.119 e. The maximum absolute atomic E-state index is 5.29. The second kappa shape index (κ2) is 7.59. The molecule has 0 amide bonds. The van der Waals surface area contributed by atoms with Crippen molar-refractivity contribution >= 4 is 11.3 Å². The second-order valence-electron chi connectivity index (χ2n) is 5.40. The Labute approximate surface area is 131 Å². The molecule has 0 aliphatic rings. The molecule has 2 atom stereocenters. The lowest BCUT2D eigenvalue weighted by atomic mass is 10.1. The molecule has 0 saturated heterocycles. The molecular weight excluding hydrogens is 280 g/mol. The standard InChI is InChI=1S/C17H24N2OS/c1-13(14-7-5-8-15(11-14)20-4)18-12-16(19(2)3)17-9-6-10-21-17/h5-11,13,16,18H,12H2,1-4H3. The molecule has 2 aromatic rings. The molecule has 1 N–H and O–H groups in total. The van der Waals surface area contributed by atoms with Gasteiger partial charge in [0.25, 0.3) is 0 Å². The van der Waals surface area contributed by atoms with Crippen molar-refractivity contribution in [3.05, 3.63) is 52.2 Å². The van der Waals surface area contributed by atoms with Crippen molar-refractivity contribution < 1.29 is 4.74 Å². The van der Waals surface area contributed by atoms with Crippen LogP contribution in [0.4, 0.5) is 0 Å². The van der Waals surface area contributed by atoms with Crippen LogP contribution in [0.3, 0.4) is 0 Å². The van der Waals surface area contributed by atoms with Crippen molar-refractivity contribution in [2.45, 2.75) is 19.0 Å². The third-order valence-corrected chi connectivity index (χ3v) is 4.68. The van der Waals surface area contributed by atoms with Gasteiger partial charge in [-0.15, -0.1) is 11.3 Å². The van der Waals surface area contributed by atoms with Gasteiger partial charge in [0.15, 0.2) is 0 Å². The Hall–Kier alpha value is -1.36. The number of ether oxygens (including phenoxy) is 1. The number of nitrogens with zero attached hydrogens (tertiary/aromatic N) is 1. The summed E-state index contributed by atoms with van der Waals surface area (Å²) in [4.78, 5) is 3.65. The first-order valence-corrected chi connectivity index (χ1v) is 8.07. The van der Waals surface area contributed by atoms with Gasteiger partial charge in [-0.25, -0.2) is 0 Å². The van der Waals surface area contributed by atoms with Crippen molar-refractivity contribution in [1.29, 1.82) is 0 Å². The SMILES string of the molecule is COc1cccc(C(C)NCC(c2cccs2)N(C)C)c1. The van der Waals surface area contributed by atoms with E-state index in [1.165, 1.54) is 10.4 Å². The summed E-state index contributed by atoms with van der Waals surface area (Å²) < 4.78 is 5.29. The Morgan fingerprint density at radius 1 is 1.24 bits per heavy atom. The molecule has 1 aromatic heterocycles. The zero-order valence-corrected chi connectivity index (χ0v) is 14.0. The van der Waals surface area contributed by atoms with E-state index in [2.05, 4.69) is 60.9 Å². The van der Waals surface area contributed by atoms with Crippen LogP contribution in [-0.2, 0) is 0 Å². The first-order valence-electron chi connectivity index (χ1n) is 7.19. The fourth-order valence-electron chi connectivity index (χ4n) is 2.34. The van der Waals surface area contributed by atoms with E-state index in [9.17, 15) is 0 Å². The molecule has 2 unspecified atom stereocenters. The molecule has 0 aliphatic carbocycles. The van der Waals surface area contributed by atoms with Gasteiger partial charge in [0.2, 0.25) is 0 Å². The summed E-state index contributed by atoms with van der Waals surface area (Å²) in [6, 6.07) is 13.2. The number of nitrogens with one attached hydrogen (secondary N) is 1. The first kappa shape index (κ1) is 16.0. The highest BCUT2D eigenvalue weighted by molar-refractivity contribution is 7.10. The largest absolute Gasteiger partial charge is 0.497 e. The Morgan fingerprint density at radius 3 is 2.67 bits per heavy atom. The lowest BCUT2D eigenvalue weighted by Crippen LogP contribution is -2.32. The summed E-state index contributed by atoms with van der Waals surface area (Å²) in [6.07, 6.45) is 0. The Balaban J connectivity index is 2.00. The highest BCUT2D eigenvalue weighted by atomic mass is 32.1. The van der Waals surface area contributed by atoms with Crippen molar-refractivity contribution in [2.24, 2.45) is 0 Å². The number of rotatable bonds is 7. The fourth-order valence-corrected chi connectivity index (χ4v) is 3.26. The Bertz CT molecular complexity index is 539. The molecule has 3 nitrogen and oxygen atoms in total. The zero-order chi connectivity index (χ0) is 15.2. The van der Waals surface area contributed by atoms with Crippen LogP contribution in [0.25, 0.3) is 0 Å². The average molecular weight is 304 g/mol. The maximum atomic E-state index is 5.29. The Kier molecular flexibility index (Phi) is 5.79. The van der Waals surface area contributed by atoms with E-state index in [0.29, 0.717) is 12.1 Å². The predicted octanol–water partition coefficient (Wildman–Crippen LogP) is 3.71. The van der Waals surface area contributed by atoms with Crippen LogP contribution >= 0.6 is 11.3 Å². The second-order valence-corrected chi connectivity index (χ2v) is 6.38. The summed E-state index contributed by atoms with van der Waals surface area (Å²) in [5, 5.41) is 5.77. The van der Waals surface area contributed by atoms with Crippen LogP contribution in [0.5, 0.6) is 5.75 Å². The molecule has 2 rings (SSSR count). The number of thiophene rings is 1. The summed E-state index contributed by atoms with van der Waals surface area (Å²) in [7, 11) is 5.96. The molecule has 1 heterocycles. The van der Waals surface area contributed by atoms with Crippen LogP contribution in [0, 0.1) is 0 Å². The summed E-state index contributed by atoms with van der Waals surface area (Å²) in [5.41, 5.74) is 1.25. The van der Waals surface area contributed by atoms with E-state index in [0.717, 1.165) is 12.3 Å². The normalized spacial score (nSPS) is 14.1. The number of likely N-dealkylation sites (N-methyl/N-ethyl adjacent to an activating group) is 1. The number of methoxy groups -OCH3 is 1.